The number of hydrogen-bond acceptors (Lipinski definition) is 4. The summed E-state index contributed by atoms with van der Waals surface area (Å²) in [6.45, 7) is 7.89. The van der Waals surface area contributed by atoms with Gasteiger partial charge in [-0.25, -0.2) is 9.07 Å². The number of likely N-dealkylation sites (tertiary alicyclic amines) is 1. The lowest BCUT2D eigenvalue weighted by Gasteiger charge is -2.29. The number of rotatable bonds is 5. The second kappa shape index (κ2) is 7.94. The number of carbonyl (C=O) groups is 1. The molecule has 1 unspecified atom stereocenters. The van der Waals surface area contributed by atoms with Crippen molar-refractivity contribution in [2.24, 2.45) is 0 Å². The highest BCUT2D eigenvalue weighted by Gasteiger charge is 2.28. The van der Waals surface area contributed by atoms with Crippen LogP contribution in [0.1, 0.15) is 55.7 Å². The number of amides is 1. The fraction of sp³-hybridized carbons (Fsp3) is 0.526. The molecule has 1 aliphatic heterocycles. The van der Waals surface area contributed by atoms with Crippen LogP contribution >= 0.6 is 11.6 Å². The Labute approximate surface area is 163 Å². The summed E-state index contributed by atoms with van der Waals surface area (Å²) in [7, 11) is 0. The van der Waals surface area contributed by atoms with Gasteiger partial charge in [-0.3, -0.25) is 9.69 Å². The van der Waals surface area contributed by atoms with Crippen LogP contribution in [0.2, 0.25) is 5.02 Å². The molecular formula is C19H25ClFN5O. The van der Waals surface area contributed by atoms with Gasteiger partial charge in [0, 0.05) is 17.1 Å². The van der Waals surface area contributed by atoms with Crippen LogP contribution in [0.25, 0.3) is 0 Å². The van der Waals surface area contributed by atoms with Gasteiger partial charge in [0.15, 0.2) is 5.69 Å². The third kappa shape index (κ3) is 4.47. The molecule has 1 saturated heterocycles. The molecule has 27 heavy (non-hydrogen) atoms. The summed E-state index contributed by atoms with van der Waals surface area (Å²) >= 11 is 6.28. The average molecular weight is 394 g/mol. The molecule has 1 aromatic carbocycles. The number of halogens is 2. The Morgan fingerprint density at radius 3 is 2.63 bits per heavy atom. The van der Waals surface area contributed by atoms with Gasteiger partial charge in [-0.2, -0.15) is 0 Å². The minimum Gasteiger partial charge on any atom is -0.349 e. The molecule has 1 atom stereocenters. The fourth-order valence-electron chi connectivity index (χ4n) is 3.27. The normalized spacial score (nSPS) is 16.5. The zero-order chi connectivity index (χ0) is 19.6. The van der Waals surface area contributed by atoms with Crippen LogP contribution in [-0.2, 0) is 5.54 Å². The van der Waals surface area contributed by atoms with E-state index in [0.717, 1.165) is 25.9 Å². The first-order chi connectivity index (χ1) is 12.8. The Morgan fingerprint density at radius 2 is 2.04 bits per heavy atom. The molecule has 2 heterocycles. The van der Waals surface area contributed by atoms with Gasteiger partial charge in [0.05, 0.1) is 17.8 Å². The first-order valence-electron chi connectivity index (χ1n) is 9.16. The van der Waals surface area contributed by atoms with Crippen molar-refractivity contribution in [3.8, 4) is 0 Å². The highest BCUT2D eigenvalue weighted by Crippen LogP contribution is 2.32. The molecule has 0 radical (unpaired) electrons. The number of benzene rings is 1. The van der Waals surface area contributed by atoms with Crippen LogP contribution in [0.4, 0.5) is 4.39 Å². The quantitative estimate of drug-likeness (QED) is 0.845. The van der Waals surface area contributed by atoms with Gasteiger partial charge in [0.25, 0.3) is 5.91 Å². The van der Waals surface area contributed by atoms with E-state index in [4.69, 9.17) is 11.6 Å². The Hall–Kier alpha value is -1.99. The van der Waals surface area contributed by atoms with Gasteiger partial charge < -0.3 is 5.32 Å². The summed E-state index contributed by atoms with van der Waals surface area (Å²) in [5.41, 5.74) is 0.411. The SMILES string of the molecule is CC(C)(C)n1cc(C(=O)NCC(c2c(F)cccc2Cl)N2CCCC2)nn1. The summed E-state index contributed by atoms with van der Waals surface area (Å²) in [5, 5.41) is 11.2. The van der Waals surface area contributed by atoms with Crippen molar-refractivity contribution in [1.29, 1.82) is 0 Å². The third-order valence-corrected chi connectivity index (χ3v) is 5.11. The molecule has 0 saturated carbocycles. The molecule has 1 amide bonds. The van der Waals surface area contributed by atoms with Gasteiger partial charge in [-0.1, -0.05) is 22.9 Å². The topological polar surface area (TPSA) is 63.1 Å². The van der Waals surface area contributed by atoms with Crippen LogP contribution in [-0.4, -0.2) is 45.4 Å². The summed E-state index contributed by atoms with van der Waals surface area (Å²) in [4.78, 5) is 14.7. The molecule has 0 spiro atoms. The van der Waals surface area contributed by atoms with Crippen molar-refractivity contribution >= 4 is 17.5 Å². The average Bonchev–Trinajstić information content (AvgIpc) is 3.28. The van der Waals surface area contributed by atoms with Crippen LogP contribution in [0.3, 0.4) is 0 Å². The summed E-state index contributed by atoms with van der Waals surface area (Å²) in [6, 6.07) is 4.36. The van der Waals surface area contributed by atoms with Crippen molar-refractivity contribution in [3.05, 3.63) is 46.5 Å². The Bertz CT molecular complexity index is 790. The zero-order valence-corrected chi connectivity index (χ0v) is 16.6. The molecule has 6 nitrogen and oxygen atoms in total. The number of aromatic nitrogens is 3. The van der Waals surface area contributed by atoms with Crippen LogP contribution in [0, 0.1) is 5.82 Å². The van der Waals surface area contributed by atoms with Gasteiger partial charge >= 0.3 is 0 Å². The largest absolute Gasteiger partial charge is 0.349 e. The van der Waals surface area contributed by atoms with E-state index >= 15 is 0 Å². The Balaban J connectivity index is 1.77. The Kier molecular flexibility index (Phi) is 5.81. The molecule has 0 bridgehead atoms. The lowest BCUT2D eigenvalue weighted by Crippen LogP contribution is -2.37. The standard InChI is InChI=1S/C19H25ClFN5O/c1-19(2,3)26-12-15(23-24-26)18(27)22-11-16(25-9-4-5-10-25)17-13(20)7-6-8-14(17)21/h6-8,12,16H,4-5,9-11H2,1-3H3,(H,22,27). The maximum absolute atomic E-state index is 14.5. The van der Waals surface area contributed by atoms with E-state index in [1.807, 2.05) is 20.8 Å². The number of nitrogens with zero attached hydrogens (tertiary/aromatic N) is 4. The second-order valence-corrected chi connectivity index (χ2v) is 8.23. The lowest BCUT2D eigenvalue weighted by atomic mass is 10.0. The van der Waals surface area contributed by atoms with Gasteiger partial charge in [0.1, 0.15) is 5.82 Å². The number of nitrogens with one attached hydrogen (secondary N) is 1. The molecule has 0 aliphatic carbocycles. The van der Waals surface area contributed by atoms with Crippen molar-refractivity contribution in [3.63, 3.8) is 0 Å². The molecule has 8 heteroatoms. The van der Waals surface area contributed by atoms with E-state index in [9.17, 15) is 9.18 Å². The molecule has 1 aliphatic rings. The molecule has 1 aromatic heterocycles. The van der Waals surface area contributed by atoms with Crippen LogP contribution < -0.4 is 5.32 Å². The number of hydrogen-bond donors (Lipinski definition) is 1. The molecule has 2 aromatic rings. The van der Waals surface area contributed by atoms with Crippen molar-refractivity contribution in [1.82, 2.24) is 25.2 Å². The van der Waals surface area contributed by atoms with E-state index in [0.29, 0.717) is 10.6 Å². The predicted molar refractivity (Wildman–Crippen MR) is 102 cm³/mol. The highest BCUT2D eigenvalue weighted by molar-refractivity contribution is 6.31. The molecule has 3 rings (SSSR count). The van der Waals surface area contributed by atoms with Gasteiger partial charge in [-0.15, -0.1) is 5.10 Å². The van der Waals surface area contributed by atoms with Crippen LogP contribution in [0.15, 0.2) is 24.4 Å². The molecule has 1 N–H and O–H groups in total. The molecule has 1 fully saturated rings. The Morgan fingerprint density at radius 1 is 1.33 bits per heavy atom. The monoisotopic (exact) mass is 393 g/mol. The smallest absolute Gasteiger partial charge is 0.273 e. The van der Waals surface area contributed by atoms with Gasteiger partial charge in [-0.05, 0) is 58.8 Å². The predicted octanol–water partition coefficient (Wildman–Crippen LogP) is 3.39. The van der Waals surface area contributed by atoms with Gasteiger partial charge in [0.2, 0.25) is 0 Å². The first kappa shape index (κ1) is 19.8. The summed E-state index contributed by atoms with van der Waals surface area (Å²) in [5.74, 6) is -0.686. The van der Waals surface area contributed by atoms with Crippen molar-refractivity contribution in [2.75, 3.05) is 19.6 Å². The summed E-state index contributed by atoms with van der Waals surface area (Å²) < 4.78 is 16.1. The van der Waals surface area contributed by atoms with E-state index in [1.54, 1.807) is 23.0 Å². The minimum absolute atomic E-state index is 0.240. The molecular weight excluding hydrogens is 369 g/mol. The maximum atomic E-state index is 14.5. The highest BCUT2D eigenvalue weighted by atomic mass is 35.5. The third-order valence-electron chi connectivity index (χ3n) is 4.78. The zero-order valence-electron chi connectivity index (χ0n) is 15.9. The number of carbonyl (C=O) groups excluding carboxylic acids is 1. The van der Waals surface area contributed by atoms with E-state index in [1.165, 1.54) is 6.07 Å². The van der Waals surface area contributed by atoms with E-state index in [2.05, 4.69) is 20.5 Å². The van der Waals surface area contributed by atoms with Crippen molar-refractivity contribution in [2.45, 2.75) is 45.2 Å². The van der Waals surface area contributed by atoms with E-state index < -0.39 is 0 Å². The first-order valence-corrected chi connectivity index (χ1v) is 9.54. The maximum Gasteiger partial charge on any atom is 0.273 e. The second-order valence-electron chi connectivity index (χ2n) is 7.82. The van der Waals surface area contributed by atoms with E-state index in [-0.39, 0.29) is 35.5 Å². The lowest BCUT2D eigenvalue weighted by molar-refractivity contribution is 0.0932. The fourth-order valence-corrected chi connectivity index (χ4v) is 3.56. The molecule has 146 valence electrons. The van der Waals surface area contributed by atoms with Crippen molar-refractivity contribution < 1.29 is 9.18 Å². The summed E-state index contributed by atoms with van der Waals surface area (Å²) in [6.07, 6.45) is 3.73. The van der Waals surface area contributed by atoms with Crippen LogP contribution in [0.5, 0.6) is 0 Å². The minimum atomic E-state index is -0.354.